The Morgan fingerprint density at radius 3 is 2.78 bits per heavy atom. The summed E-state index contributed by atoms with van der Waals surface area (Å²) in [6.07, 6.45) is -4.78. The van der Waals surface area contributed by atoms with E-state index in [0.717, 1.165) is 0 Å². The first-order valence-corrected chi connectivity index (χ1v) is 5.13. The van der Waals surface area contributed by atoms with Gasteiger partial charge in [-0.15, -0.1) is 0 Å². The van der Waals surface area contributed by atoms with Crippen LogP contribution in [-0.4, -0.2) is 37.2 Å². The van der Waals surface area contributed by atoms with Gasteiger partial charge in [-0.05, 0) is 18.2 Å². The van der Waals surface area contributed by atoms with Crippen LogP contribution in [0.25, 0.3) is 0 Å². The van der Waals surface area contributed by atoms with Crippen LogP contribution in [0.15, 0.2) is 18.2 Å². The summed E-state index contributed by atoms with van der Waals surface area (Å²) in [5.74, 6) is -0.273. The summed E-state index contributed by atoms with van der Waals surface area (Å²) in [5.41, 5.74) is 6.14. The molecule has 0 bridgehead atoms. The molecule has 100 valence electrons. The summed E-state index contributed by atoms with van der Waals surface area (Å²) < 4.78 is 29.0. The lowest BCUT2D eigenvalue weighted by atomic mass is 10.1. The van der Waals surface area contributed by atoms with E-state index in [-0.39, 0.29) is 5.56 Å². The Morgan fingerprint density at radius 1 is 1.56 bits per heavy atom. The number of hydrogen-bond donors (Lipinski definition) is 3. The number of hydrogen-bond acceptors (Lipinski definition) is 4. The highest BCUT2D eigenvalue weighted by Gasteiger charge is 2.18. The van der Waals surface area contributed by atoms with Gasteiger partial charge in [-0.3, -0.25) is 4.79 Å². The van der Waals surface area contributed by atoms with Gasteiger partial charge in [-0.2, -0.15) is 0 Å². The molecule has 18 heavy (non-hydrogen) atoms. The zero-order valence-electron chi connectivity index (χ0n) is 9.69. The highest BCUT2D eigenvalue weighted by Crippen LogP contribution is 2.21. The van der Waals surface area contributed by atoms with Gasteiger partial charge in [0.1, 0.15) is 11.9 Å². The second-order valence-corrected chi connectivity index (χ2v) is 3.57. The molecule has 1 aromatic rings. The molecule has 7 heteroatoms. The van der Waals surface area contributed by atoms with Crippen molar-refractivity contribution in [1.82, 2.24) is 5.32 Å². The number of nitrogens with one attached hydrogen (secondary N) is 1. The number of carbonyl (C=O) groups excluding carboxylic acids is 1. The first-order chi connectivity index (χ1) is 8.45. The summed E-state index contributed by atoms with van der Waals surface area (Å²) in [6.45, 7) is -0.525. The summed E-state index contributed by atoms with van der Waals surface area (Å²) in [6, 6.07) is 4.29. The number of benzene rings is 1. The Morgan fingerprint density at radius 2 is 2.22 bits per heavy atom. The minimum atomic E-state index is -2.90. The predicted molar refractivity (Wildman–Crippen MR) is 61.8 cm³/mol. The van der Waals surface area contributed by atoms with Gasteiger partial charge in [0.2, 0.25) is 0 Å². The molecule has 0 fully saturated rings. The van der Waals surface area contributed by atoms with Crippen LogP contribution in [0.2, 0.25) is 0 Å². The summed E-state index contributed by atoms with van der Waals surface area (Å²) in [4.78, 5) is 11.6. The normalized spacial score (nSPS) is 12.3. The first kappa shape index (κ1) is 14.2. The van der Waals surface area contributed by atoms with Gasteiger partial charge in [0.05, 0.1) is 12.8 Å². The fraction of sp³-hybridized carbons (Fsp3) is 0.364. The van der Waals surface area contributed by atoms with Crippen molar-refractivity contribution in [2.45, 2.75) is 12.5 Å². The van der Waals surface area contributed by atoms with Crippen molar-refractivity contribution >= 4 is 11.6 Å². The zero-order chi connectivity index (χ0) is 13.7. The fourth-order valence-corrected chi connectivity index (χ4v) is 1.24. The molecular weight excluding hydrogens is 246 g/mol. The van der Waals surface area contributed by atoms with Crippen molar-refractivity contribution in [2.24, 2.45) is 0 Å². The number of alkyl halides is 2. The second kappa shape index (κ2) is 6.15. The third kappa shape index (κ3) is 3.56. The first-order valence-electron chi connectivity index (χ1n) is 5.13. The molecule has 0 aliphatic heterocycles. The van der Waals surface area contributed by atoms with Crippen LogP contribution in [0.5, 0.6) is 5.75 Å². The van der Waals surface area contributed by atoms with Gasteiger partial charge >= 0.3 is 0 Å². The molecule has 0 aromatic heterocycles. The molecule has 0 aliphatic carbocycles. The van der Waals surface area contributed by atoms with Crippen LogP contribution in [0.4, 0.5) is 14.5 Å². The molecule has 0 radical (unpaired) electrons. The second-order valence-electron chi connectivity index (χ2n) is 3.57. The van der Waals surface area contributed by atoms with E-state index < -0.39 is 25.0 Å². The molecule has 4 N–H and O–H groups in total. The van der Waals surface area contributed by atoms with Gasteiger partial charge in [0.25, 0.3) is 12.3 Å². The van der Waals surface area contributed by atoms with E-state index in [1.807, 2.05) is 0 Å². The number of aliphatic hydroxyl groups excluding tert-OH is 1. The summed E-state index contributed by atoms with van der Waals surface area (Å²) >= 11 is 0. The Labute approximate surface area is 103 Å². The van der Waals surface area contributed by atoms with Gasteiger partial charge in [0, 0.05) is 12.1 Å². The Kier molecular flexibility index (Phi) is 4.85. The number of halogens is 2. The van der Waals surface area contributed by atoms with Gasteiger partial charge in [0.15, 0.2) is 0 Å². The van der Waals surface area contributed by atoms with Gasteiger partial charge in [-0.1, -0.05) is 0 Å². The summed E-state index contributed by atoms with van der Waals surface area (Å²) in [7, 11) is 1.40. The SMILES string of the molecule is COc1cc(C(=O)NCC(O)C(F)F)ccc1N. The van der Waals surface area contributed by atoms with Crippen molar-refractivity contribution < 1.29 is 23.4 Å². The summed E-state index contributed by atoms with van der Waals surface area (Å²) in [5, 5.41) is 11.0. The maximum absolute atomic E-state index is 12.0. The smallest absolute Gasteiger partial charge is 0.265 e. The fourth-order valence-electron chi connectivity index (χ4n) is 1.24. The number of amides is 1. The molecule has 0 spiro atoms. The molecular formula is C11H14F2N2O3. The average Bonchev–Trinajstić information content (AvgIpc) is 2.35. The predicted octanol–water partition coefficient (Wildman–Crippen LogP) is 0.633. The number of rotatable bonds is 5. The molecule has 1 unspecified atom stereocenters. The van der Waals surface area contributed by atoms with Crippen LogP contribution in [0, 0.1) is 0 Å². The maximum atomic E-state index is 12.0. The third-order valence-corrected chi connectivity index (χ3v) is 2.26. The minimum Gasteiger partial charge on any atom is -0.495 e. The largest absolute Gasteiger partial charge is 0.495 e. The van der Waals surface area contributed by atoms with Crippen molar-refractivity contribution in [3.8, 4) is 5.75 Å². The number of aliphatic hydroxyl groups is 1. The Balaban J connectivity index is 2.67. The quantitative estimate of drug-likeness (QED) is 0.678. The third-order valence-electron chi connectivity index (χ3n) is 2.26. The lowest BCUT2D eigenvalue weighted by Crippen LogP contribution is -2.35. The molecule has 1 amide bonds. The van der Waals surface area contributed by atoms with E-state index in [0.29, 0.717) is 11.4 Å². The van der Waals surface area contributed by atoms with Crippen LogP contribution >= 0.6 is 0 Å². The van der Waals surface area contributed by atoms with Crippen LogP contribution < -0.4 is 15.8 Å². The lowest BCUT2D eigenvalue weighted by molar-refractivity contribution is -0.00270. The van der Waals surface area contributed by atoms with Crippen LogP contribution in [0.3, 0.4) is 0 Å². The number of ether oxygens (including phenoxy) is 1. The standard InChI is InChI=1S/C11H14F2N2O3/c1-18-9-4-6(2-3-7(9)14)11(17)15-5-8(16)10(12)13/h2-4,8,10,16H,5,14H2,1H3,(H,15,17). The molecule has 0 saturated carbocycles. The van der Waals surface area contributed by atoms with E-state index in [1.165, 1.54) is 25.3 Å². The molecule has 1 aromatic carbocycles. The molecule has 0 saturated heterocycles. The monoisotopic (exact) mass is 260 g/mol. The van der Waals surface area contributed by atoms with E-state index >= 15 is 0 Å². The average molecular weight is 260 g/mol. The molecule has 0 heterocycles. The van der Waals surface area contributed by atoms with Crippen LogP contribution in [0.1, 0.15) is 10.4 Å². The number of methoxy groups -OCH3 is 1. The highest BCUT2D eigenvalue weighted by atomic mass is 19.3. The van der Waals surface area contributed by atoms with E-state index in [1.54, 1.807) is 0 Å². The van der Waals surface area contributed by atoms with Crippen LogP contribution in [-0.2, 0) is 0 Å². The van der Waals surface area contributed by atoms with E-state index in [9.17, 15) is 13.6 Å². The minimum absolute atomic E-state index is 0.211. The molecule has 1 rings (SSSR count). The Bertz CT molecular complexity index is 427. The molecule has 0 aliphatic rings. The number of anilines is 1. The van der Waals surface area contributed by atoms with Crippen molar-refractivity contribution in [3.05, 3.63) is 23.8 Å². The van der Waals surface area contributed by atoms with E-state index in [4.69, 9.17) is 15.6 Å². The molecule has 1 atom stereocenters. The number of nitrogens with two attached hydrogens (primary N) is 1. The molecule has 5 nitrogen and oxygen atoms in total. The Hall–Kier alpha value is -1.89. The maximum Gasteiger partial charge on any atom is 0.265 e. The highest BCUT2D eigenvalue weighted by molar-refractivity contribution is 5.95. The van der Waals surface area contributed by atoms with Gasteiger partial charge < -0.3 is 20.9 Å². The topological polar surface area (TPSA) is 84.6 Å². The zero-order valence-corrected chi connectivity index (χ0v) is 9.69. The van der Waals surface area contributed by atoms with Crippen molar-refractivity contribution in [3.63, 3.8) is 0 Å². The van der Waals surface area contributed by atoms with Crippen molar-refractivity contribution in [2.75, 3.05) is 19.4 Å². The lowest BCUT2D eigenvalue weighted by Gasteiger charge is -2.11. The number of nitrogen functional groups attached to an aromatic ring is 1. The van der Waals surface area contributed by atoms with Gasteiger partial charge in [-0.25, -0.2) is 8.78 Å². The number of carbonyl (C=O) groups is 1. The van der Waals surface area contributed by atoms with Crippen molar-refractivity contribution in [1.29, 1.82) is 0 Å². The van der Waals surface area contributed by atoms with E-state index in [2.05, 4.69) is 5.32 Å².